The van der Waals surface area contributed by atoms with Gasteiger partial charge < -0.3 is 14.2 Å². The van der Waals surface area contributed by atoms with Crippen molar-refractivity contribution in [3.8, 4) is 11.5 Å². The molecule has 3 aromatic carbocycles. The van der Waals surface area contributed by atoms with Gasteiger partial charge in [-0.2, -0.15) is 10.1 Å². The van der Waals surface area contributed by atoms with Crippen molar-refractivity contribution in [2.24, 2.45) is 5.10 Å². The second-order valence-corrected chi connectivity index (χ2v) is 7.81. The van der Waals surface area contributed by atoms with Crippen LogP contribution in [-0.2, 0) is 16.1 Å². The van der Waals surface area contributed by atoms with Crippen LogP contribution >= 0.6 is 0 Å². The van der Waals surface area contributed by atoms with E-state index in [0.29, 0.717) is 47.2 Å². The molecule has 0 fully saturated rings. The summed E-state index contributed by atoms with van der Waals surface area (Å²) in [6.45, 7) is 4.26. The Balaban J connectivity index is 1.51. The molecule has 0 bridgehead atoms. The molecule has 0 saturated carbocycles. The van der Waals surface area contributed by atoms with Crippen LogP contribution in [0.1, 0.15) is 35.3 Å². The first-order chi connectivity index (χ1) is 17.0. The Kier molecular flexibility index (Phi) is 7.26. The predicted molar refractivity (Wildman–Crippen MR) is 135 cm³/mol. The SMILES string of the molecule is CCOC(=O)c1ccc(N2N=C(C)C(=Cc3ccc(OCc4ccccc4)c(OC)c3)C2=O)cc1. The van der Waals surface area contributed by atoms with Gasteiger partial charge in [-0.3, -0.25) is 4.79 Å². The maximum atomic E-state index is 13.1. The molecule has 4 rings (SSSR count). The number of anilines is 1. The van der Waals surface area contributed by atoms with Gasteiger partial charge in [-0.25, -0.2) is 4.79 Å². The van der Waals surface area contributed by atoms with E-state index < -0.39 is 5.97 Å². The van der Waals surface area contributed by atoms with E-state index in [1.807, 2.05) is 48.5 Å². The molecule has 0 radical (unpaired) electrons. The number of amides is 1. The van der Waals surface area contributed by atoms with E-state index >= 15 is 0 Å². The molecule has 1 aliphatic rings. The molecular formula is C28H26N2O5. The number of ether oxygens (including phenoxy) is 3. The first-order valence-electron chi connectivity index (χ1n) is 11.2. The number of methoxy groups -OCH3 is 1. The smallest absolute Gasteiger partial charge is 0.338 e. The molecule has 1 amide bonds. The number of nitrogens with zero attached hydrogens (tertiary/aromatic N) is 2. The van der Waals surface area contributed by atoms with E-state index in [1.165, 1.54) is 5.01 Å². The van der Waals surface area contributed by atoms with Gasteiger partial charge in [-0.15, -0.1) is 0 Å². The topological polar surface area (TPSA) is 77.4 Å². The highest BCUT2D eigenvalue weighted by molar-refractivity contribution is 6.32. The van der Waals surface area contributed by atoms with Crippen LogP contribution in [0.15, 0.2) is 83.5 Å². The molecule has 0 N–H and O–H groups in total. The summed E-state index contributed by atoms with van der Waals surface area (Å²) in [6.07, 6.45) is 1.78. The number of benzene rings is 3. The van der Waals surface area contributed by atoms with E-state index in [9.17, 15) is 9.59 Å². The molecule has 7 nitrogen and oxygen atoms in total. The molecule has 0 saturated heterocycles. The quantitative estimate of drug-likeness (QED) is 0.332. The number of esters is 1. The fourth-order valence-electron chi connectivity index (χ4n) is 3.61. The minimum atomic E-state index is -0.405. The van der Waals surface area contributed by atoms with Crippen molar-refractivity contribution in [2.45, 2.75) is 20.5 Å². The van der Waals surface area contributed by atoms with E-state index in [2.05, 4.69) is 5.10 Å². The van der Waals surface area contributed by atoms with Crippen molar-refractivity contribution < 1.29 is 23.8 Å². The lowest BCUT2D eigenvalue weighted by atomic mass is 10.1. The van der Waals surface area contributed by atoms with Crippen LogP contribution in [0.25, 0.3) is 6.08 Å². The maximum Gasteiger partial charge on any atom is 0.338 e. The molecule has 3 aromatic rings. The van der Waals surface area contributed by atoms with E-state index in [1.54, 1.807) is 51.3 Å². The fraction of sp³-hybridized carbons (Fsp3) is 0.179. The second kappa shape index (κ2) is 10.7. The summed E-state index contributed by atoms with van der Waals surface area (Å²) in [4.78, 5) is 25.0. The lowest BCUT2D eigenvalue weighted by Crippen LogP contribution is -2.21. The summed E-state index contributed by atoms with van der Waals surface area (Å²) >= 11 is 0. The van der Waals surface area contributed by atoms with Crippen LogP contribution in [0.4, 0.5) is 5.69 Å². The Morgan fingerprint density at radius 3 is 2.43 bits per heavy atom. The lowest BCUT2D eigenvalue weighted by Gasteiger charge is -2.13. The van der Waals surface area contributed by atoms with Crippen molar-refractivity contribution >= 4 is 29.4 Å². The Labute approximate surface area is 204 Å². The summed E-state index contributed by atoms with van der Waals surface area (Å²) in [5, 5.41) is 5.74. The van der Waals surface area contributed by atoms with Gasteiger partial charge in [-0.1, -0.05) is 36.4 Å². The molecular weight excluding hydrogens is 444 g/mol. The van der Waals surface area contributed by atoms with Crippen molar-refractivity contribution in [3.05, 3.63) is 95.1 Å². The molecule has 1 heterocycles. The summed E-state index contributed by atoms with van der Waals surface area (Å²) in [6, 6.07) is 22.0. The summed E-state index contributed by atoms with van der Waals surface area (Å²) in [5.41, 5.74) is 3.88. The molecule has 1 aliphatic heterocycles. The first-order valence-corrected chi connectivity index (χ1v) is 11.2. The number of hydrogen-bond donors (Lipinski definition) is 0. The van der Waals surface area contributed by atoms with Crippen LogP contribution in [0, 0.1) is 0 Å². The van der Waals surface area contributed by atoms with E-state index in [-0.39, 0.29) is 5.91 Å². The molecule has 0 atom stereocenters. The van der Waals surface area contributed by atoms with Gasteiger partial charge in [0.15, 0.2) is 11.5 Å². The summed E-state index contributed by atoms with van der Waals surface area (Å²) in [7, 11) is 1.58. The number of hydrazone groups is 1. The van der Waals surface area contributed by atoms with Gasteiger partial charge in [0.05, 0.1) is 36.3 Å². The highest BCUT2D eigenvalue weighted by atomic mass is 16.5. The largest absolute Gasteiger partial charge is 0.493 e. The van der Waals surface area contributed by atoms with Gasteiger partial charge in [0.25, 0.3) is 5.91 Å². The third-order valence-electron chi connectivity index (χ3n) is 5.42. The van der Waals surface area contributed by atoms with Gasteiger partial charge in [0.1, 0.15) is 6.61 Å². The zero-order chi connectivity index (χ0) is 24.8. The Morgan fingerprint density at radius 2 is 1.74 bits per heavy atom. The van der Waals surface area contributed by atoms with Gasteiger partial charge >= 0.3 is 5.97 Å². The maximum absolute atomic E-state index is 13.1. The van der Waals surface area contributed by atoms with Gasteiger partial charge in [0, 0.05) is 0 Å². The van der Waals surface area contributed by atoms with Crippen LogP contribution in [0.3, 0.4) is 0 Å². The van der Waals surface area contributed by atoms with Crippen LogP contribution in [0.2, 0.25) is 0 Å². The Hall–Kier alpha value is -4.39. The van der Waals surface area contributed by atoms with Gasteiger partial charge in [0.2, 0.25) is 0 Å². The molecule has 178 valence electrons. The monoisotopic (exact) mass is 470 g/mol. The zero-order valence-corrected chi connectivity index (χ0v) is 19.9. The van der Waals surface area contributed by atoms with Crippen molar-refractivity contribution in [1.29, 1.82) is 0 Å². The standard InChI is InChI=1S/C28H26N2O5/c1-4-34-28(32)22-11-13-23(14-12-22)30-27(31)24(19(2)29-30)16-21-10-15-25(26(17-21)33-3)35-18-20-8-6-5-7-9-20/h5-17H,4,18H2,1-3H3. The van der Waals surface area contributed by atoms with Crippen LogP contribution in [0.5, 0.6) is 11.5 Å². The third-order valence-corrected chi connectivity index (χ3v) is 5.42. The third kappa shape index (κ3) is 5.41. The van der Waals surface area contributed by atoms with Crippen molar-refractivity contribution in [1.82, 2.24) is 0 Å². The molecule has 0 aromatic heterocycles. The average Bonchev–Trinajstić information content (AvgIpc) is 3.17. The number of carbonyl (C=O) groups excluding carboxylic acids is 2. The Bertz CT molecular complexity index is 1280. The van der Waals surface area contributed by atoms with Crippen LogP contribution < -0.4 is 14.5 Å². The highest BCUT2D eigenvalue weighted by Crippen LogP contribution is 2.31. The predicted octanol–water partition coefficient (Wildman–Crippen LogP) is 5.26. The minimum absolute atomic E-state index is 0.255. The lowest BCUT2D eigenvalue weighted by molar-refractivity contribution is -0.114. The summed E-state index contributed by atoms with van der Waals surface area (Å²) in [5.74, 6) is 0.527. The molecule has 7 heteroatoms. The first kappa shape index (κ1) is 23.8. The van der Waals surface area contributed by atoms with Gasteiger partial charge in [-0.05, 0) is 67.4 Å². The van der Waals surface area contributed by atoms with Crippen LogP contribution in [-0.4, -0.2) is 31.3 Å². The second-order valence-electron chi connectivity index (χ2n) is 7.81. The number of hydrogen-bond acceptors (Lipinski definition) is 6. The molecule has 35 heavy (non-hydrogen) atoms. The summed E-state index contributed by atoms with van der Waals surface area (Å²) < 4.78 is 16.4. The zero-order valence-electron chi connectivity index (χ0n) is 19.9. The van der Waals surface area contributed by atoms with Crippen molar-refractivity contribution in [2.75, 3.05) is 18.7 Å². The highest BCUT2D eigenvalue weighted by Gasteiger charge is 2.29. The van der Waals surface area contributed by atoms with E-state index in [4.69, 9.17) is 14.2 Å². The average molecular weight is 471 g/mol. The molecule has 0 aliphatic carbocycles. The number of carbonyl (C=O) groups is 2. The molecule has 0 spiro atoms. The molecule has 0 unspecified atom stereocenters. The van der Waals surface area contributed by atoms with Crippen molar-refractivity contribution in [3.63, 3.8) is 0 Å². The Morgan fingerprint density at radius 1 is 1.00 bits per heavy atom. The normalized spacial score (nSPS) is 14.1. The van der Waals surface area contributed by atoms with E-state index in [0.717, 1.165) is 11.1 Å². The minimum Gasteiger partial charge on any atom is -0.493 e. The number of rotatable bonds is 8. The fourth-order valence-corrected chi connectivity index (χ4v) is 3.61.